The van der Waals surface area contributed by atoms with Gasteiger partial charge in [-0.1, -0.05) is 60.7 Å². The third-order valence-corrected chi connectivity index (χ3v) is 4.37. The molecule has 0 radical (unpaired) electrons. The van der Waals surface area contributed by atoms with E-state index in [-0.39, 0.29) is 22.9 Å². The maximum atomic E-state index is 10.9. The molecule has 0 aliphatic heterocycles. The van der Waals surface area contributed by atoms with Crippen molar-refractivity contribution in [2.75, 3.05) is 5.43 Å². The molecule has 0 saturated heterocycles. The minimum absolute atomic E-state index is 0.139. The molecule has 0 spiro atoms. The van der Waals surface area contributed by atoms with Gasteiger partial charge in [0, 0.05) is 28.8 Å². The molecule has 0 bridgehead atoms. The lowest BCUT2D eigenvalue weighted by atomic mass is 10.0. The smallest absolute Gasteiger partial charge is 0.270 e. The molecule has 0 fully saturated rings. The number of benzene rings is 3. The molecule has 4 rings (SSSR count). The van der Waals surface area contributed by atoms with Gasteiger partial charge in [-0.05, 0) is 6.07 Å². The first-order valence-corrected chi connectivity index (χ1v) is 9.24. The number of nitro groups is 1. The van der Waals surface area contributed by atoms with Gasteiger partial charge in [0.2, 0.25) is 0 Å². The first kappa shape index (κ1) is 19.6. The summed E-state index contributed by atoms with van der Waals surface area (Å²) in [4.78, 5) is 14.9. The van der Waals surface area contributed by atoms with E-state index in [0.29, 0.717) is 11.4 Å². The number of phenolic OH excluding ortho intramolecular Hbond substituents is 1. The second-order valence-corrected chi connectivity index (χ2v) is 6.43. The number of nitro benzene ring substituents is 1. The number of aromatic nitrogens is 3. The zero-order valence-corrected chi connectivity index (χ0v) is 16.1. The molecule has 152 valence electrons. The summed E-state index contributed by atoms with van der Waals surface area (Å²) < 4.78 is 0. The van der Waals surface area contributed by atoms with Crippen molar-refractivity contribution in [1.29, 1.82) is 0 Å². The van der Waals surface area contributed by atoms with E-state index in [2.05, 4.69) is 25.7 Å². The summed E-state index contributed by atoms with van der Waals surface area (Å²) in [7, 11) is 0. The highest BCUT2D eigenvalue weighted by Crippen LogP contribution is 2.28. The summed E-state index contributed by atoms with van der Waals surface area (Å²) in [6, 6.07) is 22.8. The van der Waals surface area contributed by atoms with Crippen LogP contribution >= 0.6 is 0 Å². The summed E-state index contributed by atoms with van der Waals surface area (Å²) in [6.07, 6.45) is 1.25. The van der Waals surface area contributed by atoms with E-state index in [1.807, 2.05) is 60.7 Å². The van der Waals surface area contributed by atoms with E-state index in [1.54, 1.807) is 0 Å². The number of hydrazone groups is 1. The Morgan fingerprint density at radius 3 is 2.19 bits per heavy atom. The van der Waals surface area contributed by atoms with Gasteiger partial charge in [0.15, 0.2) is 0 Å². The van der Waals surface area contributed by atoms with Gasteiger partial charge < -0.3 is 5.11 Å². The highest BCUT2D eigenvalue weighted by molar-refractivity contribution is 5.85. The molecule has 0 amide bonds. The van der Waals surface area contributed by atoms with E-state index in [0.717, 1.165) is 11.1 Å². The molecular weight excluding hydrogens is 396 g/mol. The number of non-ortho nitro benzene ring substituents is 1. The van der Waals surface area contributed by atoms with Crippen LogP contribution in [-0.2, 0) is 0 Å². The molecule has 1 aromatic heterocycles. The number of nitrogens with zero attached hydrogens (tertiary/aromatic N) is 5. The summed E-state index contributed by atoms with van der Waals surface area (Å²) >= 11 is 0. The number of anilines is 1. The van der Waals surface area contributed by atoms with Crippen LogP contribution in [0.4, 0.5) is 11.6 Å². The number of hydrogen-bond acceptors (Lipinski definition) is 8. The minimum Gasteiger partial charge on any atom is -0.507 e. The van der Waals surface area contributed by atoms with Gasteiger partial charge in [-0.3, -0.25) is 10.1 Å². The van der Waals surface area contributed by atoms with E-state index in [1.165, 1.54) is 24.4 Å². The quantitative estimate of drug-likeness (QED) is 0.275. The van der Waals surface area contributed by atoms with Crippen LogP contribution in [0.2, 0.25) is 0 Å². The molecule has 0 atom stereocenters. The molecule has 9 nitrogen and oxygen atoms in total. The highest BCUT2D eigenvalue weighted by Gasteiger charge is 2.13. The van der Waals surface area contributed by atoms with Crippen molar-refractivity contribution in [1.82, 2.24) is 15.2 Å². The Balaban J connectivity index is 1.65. The Bertz CT molecular complexity index is 1250. The third kappa shape index (κ3) is 4.51. The molecule has 0 unspecified atom stereocenters. The molecule has 0 aliphatic carbocycles. The van der Waals surface area contributed by atoms with E-state index in [9.17, 15) is 15.2 Å². The maximum absolute atomic E-state index is 10.9. The SMILES string of the molecule is O=[N+]([O-])c1ccc(O)c(/C=N\Nc2nnc(-c3ccccc3)c(-c3ccccc3)n2)c1. The lowest BCUT2D eigenvalue weighted by molar-refractivity contribution is -0.384. The third-order valence-electron chi connectivity index (χ3n) is 4.37. The number of aromatic hydroxyl groups is 1. The van der Waals surface area contributed by atoms with Crippen molar-refractivity contribution in [3.05, 3.63) is 94.5 Å². The van der Waals surface area contributed by atoms with Crippen molar-refractivity contribution in [3.63, 3.8) is 0 Å². The van der Waals surface area contributed by atoms with Gasteiger partial charge >= 0.3 is 0 Å². The largest absolute Gasteiger partial charge is 0.507 e. The van der Waals surface area contributed by atoms with E-state index in [4.69, 9.17) is 0 Å². The number of phenols is 1. The topological polar surface area (TPSA) is 126 Å². The molecule has 9 heteroatoms. The zero-order valence-electron chi connectivity index (χ0n) is 16.1. The van der Waals surface area contributed by atoms with Gasteiger partial charge in [-0.25, -0.2) is 10.4 Å². The Kier molecular flexibility index (Phi) is 5.57. The van der Waals surface area contributed by atoms with Gasteiger partial charge in [-0.15, -0.1) is 10.2 Å². The minimum atomic E-state index is -0.550. The van der Waals surface area contributed by atoms with Gasteiger partial charge in [0.05, 0.1) is 11.1 Å². The standard InChI is InChI=1S/C22H16N6O3/c29-19-12-11-18(28(30)31)13-17(19)14-23-26-22-24-20(15-7-3-1-4-8-15)21(25-27-22)16-9-5-2-6-10-16/h1-14,29H,(H,24,26,27)/b23-14-. The van der Waals surface area contributed by atoms with Crippen LogP contribution in [0.1, 0.15) is 5.56 Å². The fraction of sp³-hybridized carbons (Fsp3) is 0. The molecule has 2 N–H and O–H groups in total. The molecule has 0 aliphatic rings. The Labute approximate surface area is 176 Å². The molecule has 4 aromatic rings. The van der Waals surface area contributed by atoms with Crippen LogP contribution in [0.5, 0.6) is 5.75 Å². The molecule has 1 heterocycles. The Hall–Kier alpha value is -4.66. The first-order valence-electron chi connectivity index (χ1n) is 9.24. The molecule has 31 heavy (non-hydrogen) atoms. The van der Waals surface area contributed by atoms with Crippen LogP contribution in [0, 0.1) is 10.1 Å². The predicted octanol–water partition coefficient (Wildman–Crippen LogP) is 4.27. The van der Waals surface area contributed by atoms with Gasteiger partial charge in [-0.2, -0.15) is 5.10 Å². The number of rotatable bonds is 6. The highest BCUT2D eigenvalue weighted by atomic mass is 16.6. The van der Waals surface area contributed by atoms with Crippen LogP contribution < -0.4 is 5.43 Å². The monoisotopic (exact) mass is 412 g/mol. The van der Waals surface area contributed by atoms with E-state index < -0.39 is 4.92 Å². The lowest BCUT2D eigenvalue weighted by Gasteiger charge is -2.09. The molecule has 3 aromatic carbocycles. The summed E-state index contributed by atoms with van der Waals surface area (Å²) in [5, 5.41) is 33.2. The van der Waals surface area contributed by atoms with Crippen molar-refractivity contribution in [2.45, 2.75) is 0 Å². The first-order chi connectivity index (χ1) is 15.1. The Morgan fingerprint density at radius 1 is 0.903 bits per heavy atom. The van der Waals surface area contributed by atoms with Crippen LogP contribution in [0.25, 0.3) is 22.5 Å². The Morgan fingerprint density at radius 2 is 1.55 bits per heavy atom. The van der Waals surface area contributed by atoms with Crippen molar-refractivity contribution in [3.8, 4) is 28.3 Å². The predicted molar refractivity (Wildman–Crippen MR) is 117 cm³/mol. The zero-order chi connectivity index (χ0) is 21.6. The van der Waals surface area contributed by atoms with Crippen molar-refractivity contribution in [2.24, 2.45) is 5.10 Å². The number of hydrogen-bond donors (Lipinski definition) is 2. The molecule has 0 saturated carbocycles. The fourth-order valence-corrected chi connectivity index (χ4v) is 2.88. The lowest BCUT2D eigenvalue weighted by Crippen LogP contribution is -2.03. The summed E-state index contributed by atoms with van der Waals surface area (Å²) in [5.74, 6) is -0.000650. The summed E-state index contributed by atoms with van der Waals surface area (Å²) in [6.45, 7) is 0. The maximum Gasteiger partial charge on any atom is 0.270 e. The second kappa shape index (κ2) is 8.78. The second-order valence-electron chi connectivity index (χ2n) is 6.43. The summed E-state index contributed by atoms with van der Waals surface area (Å²) in [5.41, 5.74) is 5.66. The van der Waals surface area contributed by atoms with Gasteiger partial charge in [0.1, 0.15) is 17.1 Å². The number of nitrogens with one attached hydrogen (secondary N) is 1. The van der Waals surface area contributed by atoms with Crippen LogP contribution in [0.3, 0.4) is 0 Å². The molecular formula is C22H16N6O3. The normalized spacial score (nSPS) is 10.8. The van der Waals surface area contributed by atoms with Crippen molar-refractivity contribution >= 4 is 17.9 Å². The van der Waals surface area contributed by atoms with Gasteiger partial charge in [0.25, 0.3) is 11.6 Å². The average molecular weight is 412 g/mol. The van der Waals surface area contributed by atoms with Crippen molar-refractivity contribution < 1.29 is 10.0 Å². The van der Waals surface area contributed by atoms with E-state index >= 15 is 0 Å². The van der Waals surface area contributed by atoms with Crippen LogP contribution in [0.15, 0.2) is 84.0 Å². The average Bonchev–Trinajstić information content (AvgIpc) is 2.81. The van der Waals surface area contributed by atoms with Crippen LogP contribution in [-0.4, -0.2) is 31.4 Å². The fourth-order valence-electron chi connectivity index (χ4n) is 2.88.